The third-order valence-corrected chi connectivity index (χ3v) is 4.54. The van der Waals surface area contributed by atoms with E-state index in [0.717, 1.165) is 49.1 Å². The Morgan fingerprint density at radius 2 is 1.92 bits per heavy atom. The number of piperazine rings is 1. The minimum atomic E-state index is 0.670. The average Bonchev–Trinajstić information content (AvgIpc) is 2.66. The highest BCUT2D eigenvalue weighted by molar-refractivity contribution is 9.10. The maximum absolute atomic E-state index is 4.81. The Balaban J connectivity index is 1.62. The lowest BCUT2D eigenvalue weighted by atomic mass is 10.2. The van der Waals surface area contributed by atoms with Gasteiger partial charge in [-0.05, 0) is 30.7 Å². The standard InChI is InChI=1S/C18H23BrN6/c1-2-20-17(23-14-15-5-3-6-16(19)13-15)24-9-11-25(12-10-24)18-21-7-4-8-22-18/h3-8,13H,2,9-12,14H2,1H3,(H,20,23). The molecule has 1 N–H and O–H groups in total. The van der Waals surface area contributed by atoms with Crippen molar-refractivity contribution in [3.05, 3.63) is 52.8 Å². The number of benzene rings is 1. The minimum Gasteiger partial charge on any atom is -0.357 e. The number of nitrogens with zero attached hydrogens (tertiary/aromatic N) is 5. The quantitative estimate of drug-likeness (QED) is 0.628. The van der Waals surface area contributed by atoms with Crippen LogP contribution in [0.2, 0.25) is 0 Å². The van der Waals surface area contributed by atoms with Gasteiger partial charge in [0, 0.05) is 49.6 Å². The number of aromatic nitrogens is 2. The lowest BCUT2D eigenvalue weighted by Gasteiger charge is -2.36. The van der Waals surface area contributed by atoms with E-state index in [0.29, 0.717) is 6.54 Å². The SMILES string of the molecule is CCNC(=NCc1cccc(Br)c1)N1CCN(c2ncccn2)CC1. The first-order valence-corrected chi connectivity index (χ1v) is 9.35. The number of hydrogen-bond acceptors (Lipinski definition) is 4. The molecule has 1 saturated heterocycles. The number of rotatable bonds is 4. The summed E-state index contributed by atoms with van der Waals surface area (Å²) in [5, 5.41) is 3.41. The number of halogens is 1. The van der Waals surface area contributed by atoms with E-state index in [9.17, 15) is 0 Å². The Bertz CT molecular complexity index is 698. The van der Waals surface area contributed by atoms with Crippen molar-refractivity contribution >= 4 is 27.8 Å². The van der Waals surface area contributed by atoms with Gasteiger partial charge in [-0.3, -0.25) is 0 Å². The van der Waals surface area contributed by atoms with Crippen LogP contribution in [-0.2, 0) is 6.54 Å². The summed E-state index contributed by atoms with van der Waals surface area (Å²) in [6, 6.07) is 10.1. The summed E-state index contributed by atoms with van der Waals surface area (Å²) in [5.74, 6) is 1.77. The zero-order chi connectivity index (χ0) is 17.5. The summed E-state index contributed by atoms with van der Waals surface area (Å²) in [6.45, 7) is 7.23. The van der Waals surface area contributed by atoms with Crippen LogP contribution in [0.5, 0.6) is 0 Å². The van der Waals surface area contributed by atoms with Crippen LogP contribution >= 0.6 is 15.9 Å². The molecule has 25 heavy (non-hydrogen) atoms. The van der Waals surface area contributed by atoms with E-state index in [-0.39, 0.29) is 0 Å². The third-order valence-electron chi connectivity index (χ3n) is 4.05. The Hall–Kier alpha value is -2.15. The molecule has 0 unspecified atom stereocenters. The van der Waals surface area contributed by atoms with Crippen molar-refractivity contribution in [1.29, 1.82) is 0 Å². The van der Waals surface area contributed by atoms with Crippen molar-refractivity contribution in [3.8, 4) is 0 Å². The fourth-order valence-electron chi connectivity index (χ4n) is 2.80. The average molecular weight is 403 g/mol. The van der Waals surface area contributed by atoms with Gasteiger partial charge >= 0.3 is 0 Å². The van der Waals surface area contributed by atoms with Crippen LogP contribution in [0, 0.1) is 0 Å². The summed E-state index contributed by atoms with van der Waals surface area (Å²) in [7, 11) is 0. The number of hydrogen-bond donors (Lipinski definition) is 1. The van der Waals surface area contributed by atoms with Crippen LogP contribution < -0.4 is 10.2 Å². The molecule has 132 valence electrons. The molecule has 0 bridgehead atoms. The monoisotopic (exact) mass is 402 g/mol. The molecule has 1 fully saturated rings. The van der Waals surface area contributed by atoms with Gasteiger partial charge in [0.15, 0.2) is 5.96 Å². The maximum atomic E-state index is 4.81. The molecule has 0 aliphatic carbocycles. The Morgan fingerprint density at radius 1 is 1.16 bits per heavy atom. The summed E-state index contributed by atoms with van der Waals surface area (Å²) in [6.07, 6.45) is 3.58. The van der Waals surface area contributed by atoms with Crippen LogP contribution in [0.1, 0.15) is 12.5 Å². The molecule has 0 saturated carbocycles. The Labute approximate surface area is 157 Å². The van der Waals surface area contributed by atoms with Gasteiger partial charge in [0.2, 0.25) is 5.95 Å². The smallest absolute Gasteiger partial charge is 0.225 e. The molecule has 1 aliphatic rings. The summed E-state index contributed by atoms with van der Waals surface area (Å²) in [5.41, 5.74) is 1.20. The first-order chi connectivity index (χ1) is 12.3. The maximum Gasteiger partial charge on any atom is 0.225 e. The second-order valence-corrected chi connectivity index (χ2v) is 6.74. The van der Waals surface area contributed by atoms with Crippen LogP contribution in [0.3, 0.4) is 0 Å². The normalized spacial score (nSPS) is 15.4. The summed E-state index contributed by atoms with van der Waals surface area (Å²) in [4.78, 5) is 18.0. The molecule has 2 aromatic rings. The van der Waals surface area contributed by atoms with Crippen molar-refractivity contribution in [2.45, 2.75) is 13.5 Å². The largest absolute Gasteiger partial charge is 0.357 e. The molecule has 0 amide bonds. The van der Waals surface area contributed by atoms with E-state index in [2.05, 4.69) is 60.1 Å². The van der Waals surface area contributed by atoms with Gasteiger partial charge < -0.3 is 15.1 Å². The van der Waals surface area contributed by atoms with E-state index >= 15 is 0 Å². The van der Waals surface area contributed by atoms with Crippen LogP contribution in [0.25, 0.3) is 0 Å². The van der Waals surface area contributed by atoms with Gasteiger partial charge in [0.25, 0.3) is 0 Å². The van der Waals surface area contributed by atoms with Gasteiger partial charge in [0.1, 0.15) is 0 Å². The molecule has 2 heterocycles. The van der Waals surface area contributed by atoms with Gasteiger partial charge in [-0.1, -0.05) is 28.1 Å². The molecule has 1 aliphatic heterocycles. The van der Waals surface area contributed by atoms with Crippen molar-refractivity contribution in [2.24, 2.45) is 4.99 Å². The van der Waals surface area contributed by atoms with Gasteiger partial charge in [0.05, 0.1) is 6.54 Å². The highest BCUT2D eigenvalue weighted by Crippen LogP contribution is 2.13. The van der Waals surface area contributed by atoms with Crippen molar-refractivity contribution < 1.29 is 0 Å². The van der Waals surface area contributed by atoms with E-state index in [1.54, 1.807) is 12.4 Å². The van der Waals surface area contributed by atoms with E-state index < -0.39 is 0 Å². The summed E-state index contributed by atoms with van der Waals surface area (Å²) < 4.78 is 1.08. The topological polar surface area (TPSA) is 56.7 Å². The number of guanidine groups is 1. The van der Waals surface area contributed by atoms with E-state index in [4.69, 9.17) is 4.99 Å². The molecule has 0 spiro atoms. The van der Waals surface area contributed by atoms with Crippen LogP contribution in [0.4, 0.5) is 5.95 Å². The Kier molecular flexibility index (Phi) is 6.22. The lowest BCUT2D eigenvalue weighted by molar-refractivity contribution is 0.370. The van der Waals surface area contributed by atoms with Crippen LogP contribution in [-0.4, -0.2) is 53.6 Å². The number of anilines is 1. The fourth-order valence-corrected chi connectivity index (χ4v) is 3.25. The Morgan fingerprint density at radius 3 is 2.60 bits per heavy atom. The first-order valence-electron chi connectivity index (χ1n) is 8.56. The zero-order valence-electron chi connectivity index (χ0n) is 14.4. The number of aliphatic imine (C=N–C) groups is 1. The summed E-state index contributed by atoms with van der Waals surface area (Å²) >= 11 is 3.51. The molecule has 1 aromatic carbocycles. The molecule has 6 nitrogen and oxygen atoms in total. The van der Waals surface area contributed by atoms with Crippen molar-refractivity contribution in [2.75, 3.05) is 37.6 Å². The van der Waals surface area contributed by atoms with E-state index in [1.807, 2.05) is 18.2 Å². The van der Waals surface area contributed by atoms with Crippen LogP contribution in [0.15, 0.2) is 52.2 Å². The molecule has 0 atom stereocenters. The van der Waals surface area contributed by atoms with Gasteiger partial charge in [-0.25, -0.2) is 15.0 Å². The molecule has 1 aromatic heterocycles. The first kappa shape index (κ1) is 17.7. The predicted octanol–water partition coefficient (Wildman–Crippen LogP) is 2.53. The van der Waals surface area contributed by atoms with Gasteiger partial charge in [-0.2, -0.15) is 0 Å². The predicted molar refractivity (Wildman–Crippen MR) is 105 cm³/mol. The highest BCUT2D eigenvalue weighted by Gasteiger charge is 2.20. The number of nitrogens with one attached hydrogen (secondary N) is 1. The highest BCUT2D eigenvalue weighted by atomic mass is 79.9. The fraction of sp³-hybridized carbons (Fsp3) is 0.389. The molecular formula is C18H23BrN6. The second-order valence-electron chi connectivity index (χ2n) is 5.82. The van der Waals surface area contributed by atoms with Crippen molar-refractivity contribution in [3.63, 3.8) is 0 Å². The minimum absolute atomic E-state index is 0.670. The van der Waals surface area contributed by atoms with E-state index in [1.165, 1.54) is 5.56 Å². The molecule has 3 rings (SSSR count). The second kappa shape index (κ2) is 8.80. The van der Waals surface area contributed by atoms with Crippen molar-refractivity contribution in [1.82, 2.24) is 20.2 Å². The third kappa shape index (κ3) is 4.92. The zero-order valence-corrected chi connectivity index (χ0v) is 16.0. The lowest BCUT2D eigenvalue weighted by Crippen LogP contribution is -2.52. The van der Waals surface area contributed by atoms with Gasteiger partial charge in [-0.15, -0.1) is 0 Å². The molecule has 0 radical (unpaired) electrons. The molecule has 7 heteroatoms. The molecular weight excluding hydrogens is 380 g/mol.